The van der Waals surface area contributed by atoms with E-state index in [2.05, 4.69) is 32.9 Å². The molecule has 0 heterocycles. The van der Waals surface area contributed by atoms with Gasteiger partial charge in [0.15, 0.2) is 0 Å². The lowest BCUT2D eigenvalue weighted by atomic mass is 10.1. The number of nitrogens with two attached hydrogens (primary N) is 1. The lowest BCUT2D eigenvalue weighted by molar-refractivity contribution is 0.251. The van der Waals surface area contributed by atoms with Gasteiger partial charge in [-0.1, -0.05) is 39.3 Å². The summed E-state index contributed by atoms with van der Waals surface area (Å²) in [7, 11) is 0. The van der Waals surface area contributed by atoms with Crippen LogP contribution in [0.4, 0.5) is 0 Å². The Morgan fingerprint density at radius 3 is 2.71 bits per heavy atom. The summed E-state index contributed by atoms with van der Waals surface area (Å²) < 4.78 is 5.80. The first-order valence-corrected chi connectivity index (χ1v) is 6.65. The number of hydrogen-bond donors (Lipinski definition) is 1. The Kier molecular flexibility index (Phi) is 6.06. The summed E-state index contributed by atoms with van der Waals surface area (Å²) in [6.07, 6.45) is 3.38. The van der Waals surface area contributed by atoms with Crippen LogP contribution in [0, 0.1) is 5.92 Å². The van der Waals surface area contributed by atoms with Crippen molar-refractivity contribution < 1.29 is 4.74 Å². The number of rotatable bonds is 7. The summed E-state index contributed by atoms with van der Waals surface area (Å²) in [5.74, 6) is 1.55. The molecule has 0 aromatic heterocycles. The van der Waals surface area contributed by atoms with E-state index in [9.17, 15) is 0 Å². The lowest BCUT2D eigenvalue weighted by Gasteiger charge is -2.14. The van der Waals surface area contributed by atoms with Crippen LogP contribution in [-0.4, -0.2) is 6.61 Å². The van der Waals surface area contributed by atoms with Crippen molar-refractivity contribution in [2.45, 2.75) is 46.1 Å². The number of hydrogen-bond acceptors (Lipinski definition) is 2. The molecule has 0 amide bonds. The molecule has 0 saturated carbocycles. The average molecular weight is 235 g/mol. The van der Waals surface area contributed by atoms with Crippen LogP contribution in [-0.2, 0) is 0 Å². The fraction of sp³-hybridized carbons (Fsp3) is 0.600. The standard InChI is InChI=1S/C15H25NO/c1-4-7-12(3)11-17-14-9-6-8-13(10-14)15(16)5-2/h6,8-10,12,15H,4-5,7,11,16H2,1-3H3. The van der Waals surface area contributed by atoms with Crippen LogP contribution in [0.3, 0.4) is 0 Å². The lowest BCUT2D eigenvalue weighted by Crippen LogP contribution is -2.10. The predicted molar refractivity (Wildman–Crippen MR) is 73.2 cm³/mol. The molecular formula is C15H25NO. The first-order valence-electron chi connectivity index (χ1n) is 6.65. The van der Waals surface area contributed by atoms with Crippen LogP contribution in [0.15, 0.2) is 24.3 Å². The third kappa shape index (κ3) is 4.78. The van der Waals surface area contributed by atoms with Crippen LogP contribution >= 0.6 is 0 Å². The molecule has 0 aliphatic heterocycles. The van der Waals surface area contributed by atoms with E-state index in [-0.39, 0.29) is 6.04 Å². The van der Waals surface area contributed by atoms with Crippen LogP contribution in [0.25, 0.3) is 0 Å². The van der Waals surface area contributed by atoms with E-state index < -0.39 is 0 Å². The third-order valence-corrected chi connectivity index (χ3v) is 3.04. The summed E-state index contributed by atoms with van der Waals surface area (Å²) in [4.78, 5) is 0. The van der Waals surface area contributed by atoms with Crippen LogP contribution in [0.2, 0.25) is 0 Å². The van der Waals surface area contributed by atoms with Crippen LogP contribution in [0.5, 0.6) is 5.75 Å². The molecule has 2 nitrogen and oxygen atoms in total. The third-order valence-electron chi connectivity index (χ3n) is 3.04. The molecule has 0 radical (unpaired) electrons. The average Bonchev–Trinajstić information content (AvgIpc) is 2.36. The highest BCUT2D eigenvalue weighted by molar-refractivity contribution is 5.30. The molecular weight excluding hydrogens is 210 g/mol. The summed E-state index contributed by atoms with van der Waals surface area (Å²) >= 11 is 0. The molecule has 17 heavy (non-hydrogen) atoms. The number of benzene rings is 1. The van der Waals surface area contributed by atoms with Gasteiger partial charge in [0.2, 0.25) is 0 Å². The molecule has 1 aromatic rings. The van der Waals surface area contributed by atoms with Crippen molar-refractivity contribution in [3.8, 4) is 5.75 Å². The van der Waals surface area contributed by atoms with Crippen molar-refractivity contribution in [3.63, 3.8) is 0 Å². The van der Waals surface area contributed by atoms with E-state index in [0.717, 1.165) is 24.3 Å². The van der Waals surface area contributed by atoms with Crippen molar-refractivity contribution in [1.29, 1.82) is 0 Å². The zero-order valence-electron chi connectivity index (χ0n) is 11.3. The first kappa shape index (κ1) is 14.0. The SMILES string of the molecule is CCCC(C)COc1cccc(C(N)CC)c1. The first-order chi connectivity index (χ1) is 8.17. The summed E-state index contributed by atoms with van der Waals surface area (Å²) in [5, 5.41) is 0. The second-order valence-corrected chi connectivity index (χ2v) is 4.79. The Balaban J connectivity index is 2.54. The van der Waals surface area contributed by atoms with Crippen molar-refractivity contribution >= 4 is 0 Å². The highest BCUT2D eigenvalue weighted by Gasteiger charge is 2.06. The van der Waals surface area contributed by atoms with E-state index in [1.807, 2.05) is 12.1 Å². The van der Waals surface area contributed by atoms with Gasteiger partial charge in [0.1, 0.15) is 5.75 Å². The monoisotopic (exact) mass is 235 g/mol. The highest BCUT2D eigenvalue weighted by Crippen LogP contribution is 2.20. The zero-order chi connectivity index (χ0) is 12.7. The molecule has 0 fully saturated rings. The quantitative estimate of drug-likeness (QED) is 0.777. The molecule has 2 unspecified atom stereocenters. The molecule has 2 heteroatoms. The Morgan fingerprint density at radius 1 is 1.29 bits per heavy atom. The van der Waals surface area contributed by atoms with Crippen molar-refractivity contribution in [1.82, 2.24) is 0 Å². The molecule has 0 bridgehead atoms. The van der Waals surface area contributed by atoms with Gasteiger partial charge in [0.25, 0.3) is 0 Å². The molecule has 0 aliphatic carbocycles. The van der Waals surface area contributed by atoms with E-state index in [0.29, 0.717) is 5.92 Å². The second kappa shape index (κ2) is 7.33. The minimum absolute atomic E-state index is 0.117. The molecule has 1 aromatic carbocycles. The summed E-state index contributed by atoms with van der Waals surface area (Å²) in [6.45, 7) is 7.32. The van der Waals surface area contributed by atoms with Crippen molar-refractivity contribution in [2.24, 2.45) is 11.7 Å². The Morgan fingerprint density at radius 2 is 2.06 bits per heavy atom. The second-order valence-electron chi connectivity index (χ2n) is 4.79. The molecule has 0 saturated heterocycles. The fourth-order valence-corrected chi connectivity index (χ4v) is 1.89. The molecule has 2 atom stereocenters. The van der Waals surface area contributed by atoms with E-state index >= 15 is 0 Å². The Bertz CT molecular complexity index is 324. The van der Waals surface area contributed by atoms with E-state index in [1.54, 1.807) is 0 Å². The molecule has 1 rings (SSSR count). The van der Waals surface area contributed by atoms with Crippen LogP contribution < -0.4 is 10.5 Å². The van der Waals surface area contributed by atoms with Gasteiger partial charge < -0.3 is 10.5 Å². The van der Waals surface area contributed by atoms with Crippen molar-refractivity contribution in [3.05, 3.63) is 29.8 Å². The highest BCUT2D eigenvalue weighted by atomic mass is 16.5. The van der Waals surface area contributed by atoms with Gasteiger partial charge >= 0.3 is 0 Å². The van der Waals surface area contributed by atoms with Gasteiger partial charge in [-0.2, -0.15) is 0 Å². The van der Waals surface area contributed by atoms with Gasteiger partial charge in [-0.3, -0.25) is 0 Å². The molecule has 0 spiro atoms. The maximum Gasteiger partial charge on any atom is 0.119 e. The fourth-order valence-electron chi connectivity index (χ4n) is 1.89. The van der Waals surface area contributed by atoms with E-state index in [4.69, 9.17) is 10.5 Å². The smallest absolute Gasteiger partial charge is 0.119 e. The molecule has 2 N–H and O–H groups in total. The number of ether oxygens (including phenoxy) is 1. The van der Waals surface area contributed by atoms with Gasteiger partial charge in [-0.05, 0) is 36.5 Å². The normalized spacial score (nSPS) is 14.4. The summed E-state index contributed by atoms with van der Waals surface area (Å²) in [6, 6.07) is 8.27. The largest absolute Gasteiger partial charge is 0.493 e. The summed E-state index contributed by atoms with van der Waals surface area (Å²) in [5.41, 5.74) is 7.17. The van der Waals surface area contributed by atoms with Gasteiger partial charge in [-0.15, -0.1) is 0 Å². The maximum atomic E-state index is 6.01. The zero-order valence-corrected chi connectivity index (χ0v) is 11.3. The van der Waals surface area contributed by atoms with Gasteiger partial charge in [0.05, 0.1) is 6.61 Å². The Hall–Kier alpha value is -1.02. The Labute approximate surface area is 105 Å². The minimum atomic E-state index is 0.117. The molecule has 0 aliphatic rings. The van der Waals surface area contributed by atoms with Gasteiger partial charge in [-0.25, -0.2) is 0 Å². The predicted octanol–water partition coefficient (Wildman–Crippen LogP) is 3.91. The maximum absolute atomic E-state index is 6.01. The minimum Gasteiger partial charge on any atom is -0.493 e. The molecule has 96 valence electrons. The van der Waals surface area contributed by atoms with Crippen molar-refractivity contribution in [2.75, 3.05) is 6.61 Å². The van der Waals surface area contributed by atoms with E-state index in [1.165, 1.54) is 12.8 Å². The van der Waals surface area contributed by atoms with Crippen LogP contribution in [0.1, 0.15) is 51.6 Å². The topological polar surface area (TPSA) is 35.2 Å². The van der Waals surface area contributed by atoms with Gasteiger partial charge in [0, 0.05) is 6.04 Å².